The molecule has 2 aromatic heterocycles. The number of anilines is 1. The Hall–Kier alpha value is -1.81. The summed E-state index contributed by atoms with van der Waals surface area (Å²) in [4.78, 5) is 12.3. The van der Waals surface area contributed by atoms with Gasteiger partial charge in [0, 0.05) is 0 Å². The highest BCUT2D eigenvalue weighted by molar-refractivity contribution is 5.81. The van der Waals surface area contributed by atoms with Crippen LogP contribution in [-0.2, 0) is 4.74 Å². The molecule has 1 fully saturated rings. The molecule has 5 N–H and O–H groups in total. The molecule has 3 heterocycles. The summed E-state index contributed by atoms with van der Waals surface area (Å²) in [6.45, 7) is 1.30. The molecule has 108 valence electrons. The smallest absolute Gasteiger partial charge is 0.183 e. The van der Waals surface area contributed by atoms with Crippen LogP contribution in [0, 0.1) is 6.92 Å². The zero-order chi connectivity index (χ0) is 14.4. The van der Waals surface area contributed by atoms with E-state index in [1.807, 2.05) is 0 Å². The first-order valence-corrected chi connectivity index (χ1v) is 6.12. The molecule has 0 spiro atoms. The van der Waals surface area contributed by atoms with Crippen molar-refractivity contribution in [3.63, 3.8) is 0 Å². The van der Waals surface area contributed by atoms with E-state index in [1.54, 1.807) is 6.92 Å². The lowest BCUT2D eigenvalue weighted by molar-refractivity contribution is -0.0508. The van der Waals surface area contributed by atoms with E-state index in [2.05, 4.69) is 15.0 Å². The standard InChI is InChI=1S/C11H15N5O4/c1-4-14-9(12)6-10(15-4)13-3-16(6)11-8(19)7(18)5(2-17)20-11/h3,5,7-8,11,17-19H,2H2,1H3,(H2,12,14,15). The summed E-state index contributed by atoms with van der Waals surface area (Å²) in [7, 11) is 0. The minimum Gasteiger partial charge on any atom is -0.394 e. The van der Waals surface area contributed by atoms with Gasteiger partial charge in [-0.3, -0.25) is 4.57 Å². The highest BCUT2D eigenvalue weighted by Crippen LogP contribution is 2.32. The summed E-state index contributed by atoms with van der Waals surface area (Å²) in [6.07, 6.45) is -2.74. The fraction of sp³-hybridized carbons (Fsp3) is 0.545. The van der Waals surface area contributed by atoms with Gasteiger partial charge in [-0.15, -0.1) is 0 Å². The van der Waals surface area contributed by atoms with Crippen LogP contribution in [0.25, 0.3) is 11.2 Å². The van der Waals surface area contributed by atoms with Crippen molar-refractivity contribution in [2.45, 2.75) is 31.5 Å². The minimum atomic E-state index is -1.20. The molecule has 9 heteroatoms. The largest absolute Gasteiger partial charge is 0.394 e. The Balaban J connectivity index is 2.07. The highest BCUT2D eigenvalue weighted by atomic mass is 16.6. The summed E-state index contributed by atoms with van der Waals surface area (Å²) in [5.74, 6) is 0.698. The Labute approximate surface area is 113 Å². The van der Waals surface area contributed by atoms with Crippen LogP contribution in [0.15, 0.2) is 6.33 Å². The maximum atomic E-state index is 10.0. The first kappa shape index (κ1) is 13.2. The van der Waals surface area contributed by atoms with Crippen LogP contribution in [0.4, 0.5) is 5.82 Å². The van der Waals surface area contributed by atoms with Gasteiger partial charge < -0.3 is 25.8 Å². The number of aromatic nitrogens is 4. The first-order chi connectivity index (χ1) is 9.52. The van der Waals surface area contributed by atoms with Gasteiger partial charge in [0.1, 0.15) is 36.0 Å². The number of imidazole rings is 1. The fourth-order valence-corrected chi connectivity index (χ4v) is 2.39. The van der Waals surface area contributed by atoms with Crippen molar-refractivity contribution < 1.29 is 20.1 Å². The molecule has 0 amide bonds. The van der Waals surface area contributed by atoms with Crippen LogP contribution in [0.5, 0.6) is 0 Å². The van der Waals surface area contributed by atoms with E-state index in [4.69, 9.17) is 15.6 Å². The molecule has 1 aliphatic heterocycles. The topological polar surface area (TPSA) is 140 Å². The quantitative estimate of drug-likeness (QED) is 0.512. The zero-order valence-corrected chi connectivity index (χ0v) is 10.7. The lowest BCUT2D eigenvalue weighted by atomic mass is 10.1. The number of ether oxygens (including phenoxy) is 1. The van der Waals surface area contributed by atoms with E-state index in [0.29, 0.717) is 17.0 Å². The van der Waals surface area contributed by atoms with E-state index < -0.39 is 31.1 Å². The molecule has 20 heavy (non-hydrogen) atoms. The van der Waals surface area contributed by atoms with Gasteiger partial charge in [-0.05, 0) is 6.92 Å². The van der Waals surface area contributed by atoms with Gasteiger partial charge in [-0.1, -0.05) is 0 Å². The maximum Gasteiger partial charge on any atom is 0.183 e. The highest BCUT2D eigenvalue weighted by Gasteiger charge is 2.44. The van der Waals surface area contributed by atoms with Gasteiger partial charge in [0.05, 0.1) is 6.61 Å². The number of nitrogens with two attached hydrogens (primary N) is 1. The molecule has 2 aromatic rings. The van der Waals surface area contributed by atoms with Crippen molar-refractivity contribution in [2.24, 2.45) is 0 Å². The number of nitrogen functional groups attached to an aromatic ring is 1. The second kappa shape index (κ2) is 4.63. The summed E-state index contributed by atoms with van der Waals surface area (Å²) in [5, 5.41) is 28.9. The van der Waals surface area contributed by atoms with Crippen LogP contribution < -0.4 is 5.73 Å². The average Bonchev–Trinajstić information content (AvgIpc) is 2.93. The van der Waals surface area contributed by atoms with Crippen molar-refractivity contribution >= 4 is 17.0 Å². The zero-order valence-electron chi connectivity index (χ0n) is 10.7. The van der Waals surface area contributed by atoms with Crippen molar-refractivity contribution in [1.29, 1.82) is 0 Å². The number of rotatable bonds is 2. The van der Waals surface area contributed by atoms with Crippen LogP contribution in [-0.4, -0.2) is 59.8 Å². The Morgan fingerprint density at radius 1 is 1.35 bits per heavy atom. The van der Waals surface area contributed by atoms with Crippen molar-refractivity contribution in [3.8, 4) is 0 Å². The Bertz CT molecular complexity index is 645. The number of hydrogen-bond acceptors (Lipinski definition) is 8. The van der Waals surface area contributed by atoms with Crippen LogP contribution >= 0.6 is 0 Å². The van der Waals surface area contributed by atoms with Gasteiger partial charge >= 0.3 is 0 Å². The fourth-order valence-electron chi connectivity index (χ4n) is 2.39. The van der Waals surface area contributed by atoms with Crippen LogP contribution in [0.2, 0.25) is 0 Å². The lowest BCUT2D eigenvalue weighted by Gasteiger charge is -2.17. The third-order valence-electron chi connectivity index (χ3n) is 3.36. The van der Waals surface area contributed by atoms with Crippen molar-refractivity contribution in [2.75, 3.05) is 12.3 Å². The number of aliphatic hydroxyl groups is 3. The second-order valence-electron chi connectivity index (χ2n) is 4.71. The van der Waals surface area contributed by atoms with E-state index in [0.717, 1.165) is 0 Å². The SMILES string of the molecule is Cc1nc(N)c2c(ncn2C2OC(CO)C(O)C2O)n1. The Morgan fingerprint density at radius 3 is 2.75 bits per heavy atom. The number of fused-ring (bicyclic) bond motifs is 1. The summed E-state index contributed by atoms with van der Waals surface area (Å²) < 4.78 is 6.90. The van der Waals surface area contributed by atoms with Gasteiger partial charge in [-0.2, -0.15) is 0 Å². The Kier molecular flexibility index (Phi) is 3.05. The molecule has 0 radical (unpaired) electrons. The number of hydrogen-bond donors (Lipinski definition) is 4. The van der Waals surface area contributed by atoms with Crippen molar-refractivity contribution in [1.82, 2.24) is 19.5 Å². The number of nitrogens with zero attached hydrogens (tertiary/aromatic N) is 4. The molecular weight excluding hydrogens is 266 g/mol. The summed E-state index contributed by atoms with van der Waals surface area (Å²) in [6, 6.07) is 0. The van der Waals surface area contributed by atoms with Gasteiger partial charge in [0.15, 0.2) is 17.7 Å². The van der Waals surface area contributed by atoms with Gasteiger partial charge in [-0.25, -0.2) is 15.0 Å². The number of aryl methyl sites for hydroxylation is 1. The van der Waals surface area contributed by atoms with Gasteiger partial charge in [0.25, 0.3) is 0 Å². The third kappa shape index (κ3) is 1.83. The molecule has 1 aliphatic rings. The molecule has 4 unspecified atom stereocenters. The Morgan fingerprint density at radius 2 is 2.10 bits per heavy atom. The molecule has 0 bridgehead atoms. The normalized spacial score (nSPS) is 30.2. The molecule has 9 nitrogen and oxygen atoms in total. The molecule has 4 atom stereocenters. The van der Waals surface area contributed by atoms with E-state index in [-0.39, 0.29) is 5.82 Å². The monoisotopic (exact) mass is 281 g/mol. The summed E-state index contributed by atoms with van der Waals surface area (Å²) in [5.41, 5.74) is 6.66. The molecule has 3 rings (SSSR count). The summed E-state index contributed by atoms with van der Waals surface area (Å²) >= 11 is 0. The second-order valence-corrected chi connectivity index (χ2v) is 4.71. The van der Waals surface area contributed by atoms with E-state index in [1.165, 1.54) is 10.9 Å². The minimum absolute atomic E-state index is 0.211. The molecule has 0 aromatic carbocycles. The van der Waals surface area contributed by atoms with Gasteiger partial charge in [0.2, 0.25) is 0 Å². The third-order valence-corrected chi connectivity index (χ3v) is 3.36. The number of aliphatic hydroxyl groups excluding tert-OH is 3. The maximum absolute atomic E-state index is 10.0. The van der Waals surface area contributed by atoms with E-state index in [9.17, 15) is 10.2 Å². The van der Waals surface area contributed by atoms with Crippen molar-refractivity contribution in [3.05, 3.63) is 12.2 Å². The average molecular weight is 281 g/mol. The predicted octanol–water partition coefficient (Wildman–Crippen LogP) is -1.67. The van der Waals surface area contributed by atoms with Crippen LogP contribution in [0.1, 0.15) is 12.1 Å². The molecule has 1 saturated heterocycles. The van der Waals surface area contributed by atoms with E-state index >= 15 is 0 Å². The molecular formula is C11H15N5O4. The lowest BCUT2D eigenvalue weighted by Crippen LogP contribution is -2.33. The van der Waals surface area contributed by atoms with Crippen LogP contribution in [0.3, 0.4) is 0 Å². The molecule has 0 saturated carbocycles. The first-order valence-electron chi connectivity index (χ1n) is 6.12. The molecule has 0 aliphatic carbocycles. The predicted molar refractivity (Wildman–Crippen MR) is 67.5 cm³/mol.